The third-order valence-electron chi connectivity index (χ3n) is 1.64. The molecule has 0 radical (unpaired) electrons. The minimum Gasteiger partial charge on any atom is -0.479 e. The molecule has 2 N–H and O–H groups in total. The zero-order chi connectivity index (χ0) is 12.3. The van der Waals surface area contributed by atoms with Gasteiger partial charge >= 0.3 is 11.5 Å². The number of aliphatic hydroxyl groups is 1. The van der Waals surface area contributed by atoms with Gasteiger partial charge in [0.1, 0.15) is 5.75 Å². The van der Waals surface area contributed by atoms with Crippen molar-refractivity contribution in [2.45, 2.75) is 11.7 Å². The Bertz CT molecular complexity index is 391. The summed E-state index contributed by atoms with van der Waals surface area (Å²) in [6.07, 6.45) is -1.80. The predicted molar refractivity (Wildman–Crippen MR) is 50.5 cm³/mol. The first-order valence-electron chi connectivity index (χ1n) is 4.06. The maximum Gasteiger partial charge on any atom is 0.487 e. The van der Waals surface area contributed by atoms with Crippen molar-refractivity contribution in [2.75, 3.05) is 0 Å². The van der Waals surface area contributed by atoms with Gasteiger partial charge in [-0.25, -0.2) is 4.79 Å². The number of rotatable bonds is 4. The van der Waals surface area contributed by atoms with Crippen LogP contribution in [0.25, 0.3) is 0 Å². The van der Waals surface area contributed by atoms with Crippen LogP contribution in [0.1, 0.15) is 11.7 Å². The highest BCUT2D eigenvalue weighted by Crippen LogP contribution is 2.27. The number of aliphatic carboxylic acids is 1. The molecule has 88 valence electrons. The molecule has 0 fully saturated rings. The van der Waals surface area contributed by atoms with Gasteiger partial charge in [-0.1, -0.05) is 12.1 Å². The van der Waals surface area contributed by atoms with E-state index in [1.54, 1.807) is 0 Å². The van der Waals surface area contributed by atoms with Crippen molar-refractivity contribution >= 4 is 17.6 Å². The second kappa shape index (κ2) is 4.63. The molecule has 1 aromatic carbocycles. The maximum absolute atomic E-state index is 12.3. The summed E-state index contributed by atoms with van der Waals surface area (Å²) in [4.78, 5) is 10.4. The SMILES string of the molecule is O=C(O)C(O)c1cccc(OC(F)(F)Cl)c1. The normalized spacial score (nSPS) is 13.2. The lowest BCUT2D eigenvalue weighted by Gasteiger charge is -2.12. The Morgan fingerprint density at radius 1 is 1.50 bits per heavy atom. The van der Waals surface area contributed by atoms with Crippen molar-refractivity contribution in [3.8, 4) is 5.75 Å². The summed E-state index contributed by atoms with van der Waals surface area (Å²) in [5.74, 6) is -1.83. The minimum absolute atomic E-state index is 0.0779. The zero-order valence-corrected chi connectivity index (χ0v) is 8.49. The van der Waals surface area contributed by atoms with Gasteiger partial charge < -0.3 is 14.9 Å². The first kappa shape index (κ1) is 12.7. The molecule has 0 spiro atoms. The van der Waals surface area contributed by atoms with Crippen LogP contribution in [0.4, 0.5) is 8.78 Å². The van der Waals surface area contributed by atoms with E-state index in [-0.39, 0.29) is 11.3 Å². The molecule has 0 aliphatic rings. The van der Waals surface area contributed by atoms with Gasteiger partial charge in [-0.05, 0) is 17.7 Å². The lowest BCUT2D eigenvalue weighted by Crippen LogP contribution is -2.16. The smallest absolute Gasteiger partial charge is 0.479 e. The Kier molecular flexibility index (Phi) is 3.66. The largest absolute Gasteiger partial charge is 0.487 e. The number of ether oxygens (including phenoxy) is 1. The van der Waals surface area contributed by atoms with Crippen LogP contribution in [0.5, 0.6) is 5.75 Å². The molecule has 0 aliphatic carbocycles. The predicted octanol–water partition coefficient (Wildman–Crippen LogP) is 1.97. The van der Waals surface area contributed by atoms with Gasteiger partial charge in [0, 0.05) is 11.6 Å². The molecule has 1 unspecified atom stereocenters. The van der Waals surface area contributed by atoms with Gasteiger partial charge in [0.2, 0.25) is 0 Å². The number of halogens is 3. The number of carboxylic acids is 1. The number of hydrogen-bond donors (Lipinski definition) is 2. The highest BCUT2D eigenvalue weighted by Gasteiger charge is 2.28. The molecule has 0 bridgehead atoms. The van der Waals surface area contributed by atoms with Gasteiger partial charge in [-0.15, -0.1) is 8.78 Å². The van der Waals surface area contributed by atoms with Gasteiger partial charge in [0.15, 0.2) is 6.10 Å². The molecule has 16 heavy (non-hydrogen) atoms. The monoisotopic (exact) mass is 252 g/mol. The van der Waals surface area contributed by atoms with Crippen LogP contribution < -0.4 is 4.74 Å². The van der Waals surface area contributed by atoms with E-state index in [9.17, 15) is 13.6 Å². The van der Waals surface area contributed by atoms with E-state index in [0.717, 1.165) is 12.1 Å². The van der Waals surface area contributed by atoms with Crippen LogP contribution in [0.2, 0.25) is 0 Å². The molecule has 1 aromatic rings. The van der Waals surface area contributed by atoms with Crippen molar-refractivity contribution in [1.82, 2.24) is 0 Å². The first-order chi connectivity index (χ1) is 7.29. The molecule has 4 nitrogen and oxygen atoms in total. The van der Waals surface area contributed by atoms with Gasteiger partial charge in [0.05, 0.1) is 0 Å². The average molecular weight is 253 g/mol. The maximum atomic E-state index is 12.3. The number of benzene rings is 1. The lowest BCUT2D eigenvalue weighted by atomic mass is 10.1. The van der Waals surface area contributed by atoms with Crippen LogP contribution in [-0.2, 0) is 4.79 Å². The highest BCUT2D eigenvalue weighted by molar-refractivity contribution is 6.20. The summed E-state index contributed by atoms with van der Waals surface area (Å²) in [6, 6.07) is 4.65. The fourth-order valence-corrected chi connectivity index (χ4v) is 1.11. The molecule has 0 amide bonds. The second-order valence-electron chi connectivity index (χ2n) is 2.86. The Morgan fingerprint density at radius 3 is 2.62 bits per heavy atom. The molecule has 1 rings (SSSR count). The van der Waals surface area contributed by atoms with Crippen LogP contribution in [0, 0.1) is 0 Å². The Balaban J connectivity index is 2.91. The highest BCUT2D eigenvalue weighted by atomic mass is 35.5. The minimum atomic E-state index is -3.88. The van der Waals surface area contributed by atoms with E-state index >= 15 is 0 Å². The quantitative estimate of drug-likeness (QED) is 0.804. The van der Waals surface area contributed by atoms with Gasteiger partial charge in [-0.2, -0.15) is 0 Å². The van der Waals surface area contributed by atoms with Crippen molar-refractivity contribution in [3.05, 3.63) is 29.8 Å². The van der Waals surface area contributed by atoms with E-state index in [2.05, 4.69) is 16.3 Å². The van der Waals surface area contributed by atoms with Crippen LogP contribution in [0.3, 0.4) is 0 Å². The topological polar surface area (TPSA) is 66.8 Å². The standard InChI is InChI=1S/C9H7ClF2O4/c10-9(11,12)16-6-3-1-2-5(4-6)7(13)8(14)15/h1-4,7,13H,(H,14,15). The molecule has 0 aliphatic heterocycles. The molecular weight excluding hydrogens is 246 g/mol. The third-order valence-corrected chi connectivity index (χ3v) is 1.72. The van der Waals surface area contributed by atoms with Crippen LogP contribution in [0.15, 0.2) is 24.3 Å². The van der Waals surface area contributed by atoms with E-state index in [1.165, 1.54) is 12.1 Å². The van der Waals surface area contributed by atoms with Crippen molar-refractivity contribution in [1.29, 1.82) is 0 Å². The van der Waals surface area contributed by atoms with E-state index in [0.29, 0.717) is 0 Å². The summed E-state index contributed by atoms with van der Waals surface area (Å²) < 4.78 is 28.5. The Morgan fingerprint density at radius 2 is 2.12 bits per heavy atom. The van der Waals surface area contributed by atoms with E-state index < -0.39 is 17.6 Å². The zero-order valence-electron chi connectivity index (χ0n) is 7.73. The lowest BCUT2D eigenvalue weighted by molar-refractivity contribution is -0.146. The number of aliphatic hydroxyl groups excluding tert-OH is 1. The molecule has 0 heterocycles. The summed E-state index contributed by atoms with van der Waals surface area (Å²) in [5.41, 5.74) is -3.96. The number of alkyl halides is 3. The van der Waals surface area contributed by atoms with Crippen LogP contribution in [-0.4, -0.2) is 21.8 Å². The van der Waals surface area contributed by atoms with Crippen molar-refractivity contribution < 1.29 is 28.5 Å². The summed E-state index contributed by atoms with van der Waals surface area (Å²) in [7, 11) is 0. The molecule has 0 aromatic heterocycles. The van der Waals surface area contributed by atoms with Gasteiger partial charge in [0.25, 0.3) is 0 Å². The fraction of sp³-hybridized carbons (Fsp3) is 0.222. The first-order valence-corrected chi connectivity index (χ1v) is 4.44. The van der Waals surface area contributed by atoms with Crippen LogP contribution >= 0.6 is 11.6 Å². The Labute approximate surface area is 94.0 Å². The number of hydrogen-bond acceptors (Lipinski definition) is 3. The van der Waals surface area contributed by atoms with Gasteiger partial charge in [-0.3, -0.25) is 0 Å². The van der Waals surface area contributed by atoms with Crippen molar-refractivity contribution in [2.24, 2.45) is 0 Å². The summed E-state index contributed by atoms with van der Waals surface area (Å²) >= 11 is 4.53. The number of carbonyl (C=O) groups is 1. The summed E-state index contributed by atoms with van der Waals surface area (Å²) in [5, 5.41) is 17.6. The second-order valence-corrected chi connectivity index (χ2v) is 3.30. The van der Waals surface area contributed by atoms with E-state index in [1.807, 2.05) is 0 Å². The fourth-order valence-electron chi connectivity index (χ4n) is 1.02. The average Bonchev–Trinajstić information content (AvgIpc) is 2.14. The molecule has 7 heteroatoms. The molecule has 0 saturated heterocycles. The van der Waals surface area contributed by atoms with Crippen molar-refractivity contribution in [3.63, 3.8) is 0 Å². The van der Waals surface area contributed by atoms with E-state index in [4.69, 9.17) is 10.2 Å². The number of carboxylic acid groups (broad SMARTS) is 1. The molecular formula is C9H7ClF2O4. The third kappa shape index (κ3) is 3.63. The molecule has 0 saturated carbocycles. The molecule has 1 atom stereocenters. The Hall–Kier alpha value is -1.40. The summed E-state index contributed by atoms with van der Waals surface area (Å²) in [6.45, 7) is 0.